The standard InChI is InChI=1S/C21H23NO4S/c1-2-26-21(23)15-18-16-22(27(24,25)19-11-7-4-8-12-19)14-13-20(18)17-9-5-3-6-10-17/h3-12,15,20H,2,13-14,16H2,1H3/b18-15+. The fourth-order valence-electron chi connectivity index (χ4n) is 3.35. The minimum atomic E-state index is -3.61. The Balaban J connectivity index is 1.92. The van der Waals surface area contributed by atoms with Gasteiger partial charge in [0.05, 0.1) is 11.5 Å². The van der Waals surface area contributed by atoms with E-state index in [0.717, 1.165) is 11.1 Å². The molecule has 0 amide bonds. The first kappa shape index (κ1) is 19.3. The Bertz CT molecular complexity index is 908. The number of esters is 1. The Morgan fingerprint density at radius 3 is 2.37 bits per heavy atom. The third kappa shape index (κ3) is 4.46. The van der Waals surface area contributed by atoms with Crippen molar-refractivity contribution in [2.45, 2.75) is 24.2 Å². The number of rotatable bonds is 5. The summed E-state index contributed by atoms with van der Waals surface area (Å²) in [6.07, 6.45) is 2.06. The van der Waals surface area contributed by atoms with Crippen molar-refractivity contribution in [3.8, 4) is 0 Å². The van der Waals surface area contributed by atoms with Crippen molar-refractivity contribution in [1.29, 1.82) is 0 Å². The second kappa shape index (κ2) is 8.50. The summed E-state index contributed by atoms with van der Waals surface area (Å²) in [5, 5.41) is 0. The van der Waals surface area contributed by atoms with E-state index in [-0.39, 0.29) is 24.0 Å². The van der Waals surface area contributed by atoms with Crippen LogP contribution in [0.2, 0.25) is 0 Å². The first-order valence-corrected chi connectivity index (χ1v) is 10.4. The monoisotopic (exact) mass is 385 g/mol. The van der Waals surface area contributed by atoms with Gasteiger partial charge >= 0.3 is 5.97 Å². The Morgan fingerprint density at radius 1 is 1.11 bits per heavy atom. The van der Waals surface area contributed by atoms with E-state index in [2.05, 4.69) is 0 Å². The molecule has 6 heteroatoms. The molecule has 2 aromatic rings. The third-order valence-electron chi connectivity index (χ3n) is 4.65. The highest BCUT2D eigenvalue weighted by Gasteiger charge is 2.33. The highest BCUT2D eigenvalue weighted by molar-refractivity contribution is 7.89. The van der Waals surface area contributed by atoms with Crippen molar-refractivity contribution < 1.29 is 17.9 Å². The molecule has 1 heterocycles. The van der Waals surface area contributed by atoms with E-state index in [1.54, 1.807) is 37.3 Å². The number of hydrogen-bond acceptors (Lipinski definition) is 4. The lowest BCUT2D eigenvalue weighted by Crippen LogP contribution is -2.39. The first-order valence-electron chi connectivity index (χ1n) is 8.99. The molecular formula is C21H23NO4S. The van der Waals surface area contributed by atoms with E-state index in [4.69, 9.17) is 4.74 Å². The highest BCUT2D eigenvalue weighted by atomic mass is 32.2. The maximum atomic E-state index is 13.0. The largest absolute Gasteiger partial charge is 0.463 e. The molecule has 0 aliphatic carbocycles. The molecule has 0 spiro atoms. The number of benzene rings is 2. The molecular weight excluding hydrogens is 362 g/mol. The Labute approximate surface area is 160 Å². The summed E-state index contributed by atoms with van der Waals surface area (Å²) < 4.78 is 32.4. The van der Waals surface area contributed by atoms with E-state index in [0.29, 0.717) is 13.0 Å². The molecule has 0 saturated carbocycles. The molecule has 1 atom stereocenters. The molecule has 0 aromatic heterocycles. The Hall–Kier alpha value is -2.44. The van der Waals surface area contributed by atoms with Gasteiger partial charge in [0.25, 0.3) is 0 Å². The zero-order chi connectivity index (χ0) is 19.3. The van der Waals surface area contributed by atoms with Crippen molar-refractivity contribution in [3.05, 3.63) is 77.9 Å². The fourth-order valence-corrected chi connectivity index (χ4v) is 4.81. The van der Waals surface area contributed by atoms with Crippen molar-refractivity contribution >= 4 is 16.0 Å². The van der Waals surface area contributed by atoms with Crippen LogP contribution in [-0.4, -0.2) is 38.4 Å². The molecule has 0 radical (unpaired) electrons. The summed E-state index contributed by atoms with van der Waals surface area (Å²) in [5.74, 6) is -0.440. The van der Waals surface area contributed by atoms with Gasteiger partial charge in [-0.1, -0.05) is 48.5 Å². The van der Waals surface area contributed by atoms with E-state index >= 15 is 0 Å². The van der Waals surface area contributed by atoms with E-state index in [1.165, 1.54) is 10.4 Å². The number of nitrogens with zero attached hydrogens (tertiary/aromatic N) is 1. The van der Waals surface area contributed by atoms with E-state index in [1.807, 2.05) is 30.3 Å². The number of ether oxygens (including phenoxy) is 1. The van der Waals surface area contributed by atoms with Gasteiger partial charge in [0.2, 0.25) is 10.0 Å². The van der Waals surface area contributed by atoms with Gasteiger partial charge in [0, 0.05) is 25.1 Å². The zero-order valence-electron chi connectivity index (χ0n) is 15.2. The van der Waals surface area contributed by atoms with Gasteiger partial charge in [-0.25, -0.2) is 13.2 Å². The summed E-state index contributed by atoms with van der Waals surface area (Å²) in [6.45, 7) is 2.61. The van der Waals surface area contributed by atoms with Crippen LogP contribution in [0.3, 0.4) is 0 Å². The molecule has 1 fully saturated rings. The van der Waals surface area contributed by atoms with Crippen LogP contribution in [0.1, 0.15) is 24.8 Å². The molecule has 2 aromatic carbocycles. The van der Waals surface area contributed by atoms with Gasteiger partial charge in [-0.15, -0.1) is 0 Å². The average molecular weight is 385 g/mol. The summed E-state index contributed by atoms with van der Waals surface area (Å²) in [5.41, 5.74) is 1.83. The lowest BCUT2D eigenvalue weighted by Gasteiger charge is -2.33. The first-order chi connectivity index (χ1) is 13.0. The molecule has 1 saturated heterocycles. The van der Waals surface area contributed by atoms with Crippen molar-refractivity contribution in [2.75, 3.05) is 19.7 Å². The topological polar surface area (TPSA) is 63.7 Å². The lowest BCUT2D eigenvalue weighted by molar-refractivity contribution is -0.137. The van der Waals surface area contributed by atoms with Gasteiger partial charge in [-0.2, -0.15) is 4.31 Å². The van der Waals surface area contributed by atoms with Crippen LogP contribution in [0.5, 0.6) is 0 Å². The Kier molecular flexibility index (Phi) is 6.08. The smallest absolute Gasteiger partial charge is 0.330 e. The fraction of sp³-hybridized carbons (Fsp3) is 0.286. The molecule has 27 heavy (non-hydrogen) atoms. The summed E-state index contributed by atoms with van der Waals surface area (Å²) >= 11 is 0. The van der Waals surface area contributed by atoms with Crippen molar-refractivity contribution in [1.82, 2.24) is 4.31 Å². The molecule has 1 aliphatic heterocycles. The van der Waals surface area contributed by atoms with Gasteiger partial charge in [-0.3, -0.25) is 0 Å². The van der Waals surface area contributed by atoms with Gasteiger partial charge in [-0.05, 0) is 36.6 Å². The molecule has 0 bridgehead atoms. The molecule has 5 nitrogen and oxygen atoms in total. The maximum Gasteiger partial charge on any atom is 0.330 e. The van der Waals surface area contributed by atoms with Gasteiger partial charge in [0.15, 0.2) is 0 Å². The second-order valence-corrected chi connectivity index (χ2v) is 8.31. The number of carbonyl (C=O) groups excluding carboxylic acids is 1. The number of carbonyl (C=O) groups is 1. The normalized spacial score (nSPS) is 19.7. The van der Waals surface area contributed by atoms with Crippen LogP contribution in [0.15, 0.2) is 77.2 Å². The van der Waals surface area contributed by atoms with Crippen molar-refractivity contribution in [3.63, 3.8) is 0 Å². The van der Waals surface area contributed by atoms with Crippen LogP contribution in [-0.2, 0) is 19.6 Å². The quantitative estimate of drug-likeness (QED) is 0.585. The maximum absolute atomic E-state index is 13.0. The predicted molar refractivity (Wildman–Crippen MR) is 104 cm³/mol. The number of piperidine rings is 1. The molecule has 1 unspecified atom stereocenters. The predicted octanol–water partition coefficient (Wildman–Crippen LogP) is 3.35. The third-order valence-corrected chi connectivity index (χ3v) is 6.51. The van der Waals surface area contributed by atoms with Gasteiger partial charge < -0.3 is 4.74 Å². The van der Waals surface area contributed by atoms with Crippen LogP contribution in [0.25, 0.3) is 0 Å². The number of hydrogen-bond donors (Lipinski definition) is 0. The molecule has 3 rings (SSSR count). The summed E-state index contributed by atoms with van der Waals surface area (Å²) in [4.78, 5) is 12.3. The lowest BCUT2D eigenvalue weighted by atomic mass is 9.85. The van der Waals surface area contributed by atoms with Crippen molar-refractivity contribution in [2.24, 2.45) is 0 Å². The van der Waals surface area contributed by atoms with Gasteiger partial charge in [0.1, 0.15) is 0 Å². The van der Waals surface area contributed by atoms with Crippen LogP contribution in [0.4, 0.5) is 0 Å². The van der Waals surface area contributed by atoms with Crippen LogP contribution in [0, 0.1) is 0 Å². The minimum absolute atomic E-state index is 0.00201. The average Bonchev–Trinajstić information content (AvgIpc) is 2.69. The van der Waals surface area contributed by atoms with E-state index < -0.39 is 16.0 Å². The summed E-state index contributed by atoms with van der Waals surface area (Å²) in [7, 11) is -3.61. The van der Waals surface area contributed by atoms with Crippen LogP contribution < -0.4 is 0 Å². The molecule has 142 valence electrons. The zero-order valence-corrected chi connectivity index (χ0v) is 16.1. The van der Waals surface area contributed by atoms with E-state index in [9.17, 15) is 13.2 Å². The second-order valence-electron chi connectivity index (χ2n) is 6.37. The Morgan fingerprint density at radius 2 is 1.74 bits per heavy atom. The van der Waals surface area contributed by atoms with Crippen LogP contribution >= 0.6 is 0 Å². The highest BCUT2D eigenvalue weighted by Crippen LogP contribution is 2.34. The molecule has 1 aliphatic rings. The SMILES string of the molecule is CCOC(=O)/C=C1\CN(S(=O)(=O)c2ccccc2)CCC1c1ccccc1. The molecule has 0 N–H and O–H groups in total. The summed E-state index contributed by atoms with van der Waals surface area (Å²) in [6, 6.07) is 18.2. The minimum Gasteiger partial charge on any atom is -0.463 e. The number of sulfonamides is 1.